The molecule has 21 heavy (non-hydrogen) atoms. The number of benzene rings is 1. The molecular formula is C13H9BrN2O5. The third-order valence-electron chi connectivity index (χ3n) is 2.64. The van der Waals surface area contributed by atoms with Crippen LogP contribution in [0.2, 0.25) is 0 Å². The lowest BCUT2D eigenvalue weighted by molar-refractivity contribution is -0.501. The molecule has 0 aromatic heterocycles. The van der Waals surface area contributed by atoms with Crippen LogP contribution in [0.5, 0.6) is 0 Å². The molecule has 1 amide bonds. The van der Waals surface area contributed by atoms with Gasteiger partial charge in [-0.25, -0.2) is 9.79 Å². The molecule has 0 radical (unpaired) electrons. The molecule has 108 valence electrons. The zero-order valence-electron chi connectivity index (χ0n) is 10.8. The number of esters is 1. The second kappa shape index (κ2) is 5.96. The molecule has 1 heterocycles. The minimum atomic E-state index is -1.78. The topological polar surface area (TPSA) is 98.9 Å². The number of carbonyl (C=O) groups excluding carboxylic acids is 2. The van der Waals surface area contributed by atoms with Gasteiger partial charge in [0.05, 0.1) is 5.56 Å². The van der Waals surface area contributed by atoms with E-state index in [4.69, 9.17) is 4.74 Å². The van der Waals surface area contributed by atoms with E-state index >= 15 is 0 Å². The molecule has 8 heteroatoms. The number of hydrogen-bond donors (Lipinski definition) is 0. The average molecular weight is 353 g/mol. The Hall–Kier alpha value is -2.35. The Morgan fingerprint density at radius 2 is 2.00 bits per heavy atom. The van der Waals surface area contributed by atoms with Crippen molar-refractivity contribution in [3.05, 3.63) is 56.3 Å². The standard InChI is InChI=1S/C13H9BrN2O5/c1-7-6-10(11(16(19)20)12(17)15-7)21-13(18)8-2-4-9(14)5-3-8/h2-6,11H,1H3. The largest absolute Gasteiger partial charge is 0.419 e. The first-order valence-electron chi connectivity index (χ1n) is 5.80. The molecule has 0 saturated carbocycles. The third-order valence-corrected chi connectivity index (χ3v) is 3.17. The lowest BCUT2D eigenvalue weighted by Gasteiger charge is -2.14. The van der Waals surface area contributed by atoms with Crippen LogP contribution < -0.4 is 0 Å². The molecule has 0 saturated heterocycles. The Morgan fingerprint density at radius 1 is 1.38 bits per heavy atom. The highest BCUT2D eigenvalue weighted by Gasteiger charge is 2.39. The minimum absolute atomic E-state index is 0.216. The summed E-state index contributed by atoms with van der Waals surface area (Å²) in [5.41, 5.74) is 0.463. The summed E-state index contributed by atoms with van der Waals surface area (Å²) in [4.78, 5) is 37.1. The molecule has 1 aliphatic heterocycles. The molecule has 1 aromatic rings. The fraction of sp³-hybridized carbons (Fsp3) is 0.154. The van der Waals surface area contributed by atoms with Gasteiger partial charge in [0.2, 0.25) is 0 Å². The molecule has 0 fully saturated rings. The Balaban J connectivity index is 2.25. The molecule has 1 aliphatic rings. The van der Waals surface area contributed by atoms with Crippen molar-refractivity contribution in [1.82, 2.24) is 0 Å². The predicted molar refractivity (Wildman–Crippen MR) is 76.5 cm³/mol. The molecule has 1 atom stereocenters. The van der Waals surface area contributed by atoms with Crippen molar-refractivity contribution in [1.29, 1.82) is 0 Å². The van der Waals surface area contributed by atoms with E-state index in [1.165, 1.54) is 25.1 Å². The zero-order valence-corrected chi connectivity index (χ0v) is 12.4. The van der Waals surface area contributed by atoms with Crippen molar-refractivity contribution >= 4 is 33.5 Å². The van der Waals surface area contributed by atoms with Crippen LogP contribution in [0.4, 0.5) is 0 Å². The summed E-state index contributed by atoms with van der Waals surface area (Å²) in [6.07, 6.45) is 1.21. The van der Waals surface area contributed by atoms with E-state index in [9.17, 15) is 19.7 Å². The van der Waals surface area contributed by atoms with Crippen molar-refractivity contribution < 1.29 is 19.2 Å². The molecule has 0 spiro atoms. The maximum atomic E-state index is 12.0. The number of allylic oxidation sites excluding steroid dienone is 1. The number of dihydropyridines is 1. The van der Waals surface area contributed by atoms with Crippen LogP contribution in [-0.2, 0) is 9.53 Å². The summed E-state index contributed by atoms with van der Waals surface area (Å²) >= 11 is 3.22. The van der Waals surface area contributed by atoms with Crippen molar-refractivity contribution in [2.45, 2.75) is 13.0 Å². The van der Waals surface area contributed by atoms with Gasteiger partial charge in [-0.2, -0.15) is 0 Å². The molecule has 0 aliphatic carbocycles. The number of ether oxygens (including phenoxy) is 1. The van der Waals surface area contributed by atoms with Gasteiger partial charge in [-0.3, -0.25) is 14.9 Å². The van der Waals surface area contributed by atoms with Crippen LogP contribution >= 0.6 is 15.9 Å². The van der Waals surface area contributed by atoms with Crippen LogP contribution in [0, 0.1) is 10.1 Å². The van der Waals surface area contributed by atoms with Crippen molar-refractivity contribution in [3.63, 3.8) is 0 Å². The van der Waals surface area contributed by atoms with Gasteiger partial charge in [-0.15, -0.1) is 0 Å². The van der Waals surface area contributed by atoms with Crippen LogP contribution in [-0.4, -0.2) is 28.6 Å². The van der Waals surface area contributed by atoms with Crippen molar-refractivity contribution in [3.8, 4) is 0 Å². The van der Waals surface area contributed by atoms with Gasteiger partial charge in [-0.05, 0) is 31.2 Å². The zero-order chi connectivity index (χ0) is 15.6. The fourth-order valence-corrected chi connectivity index (χ4v) is 1.97. The molecular weight excluding hydrogens is 344 g/mol. The van der Waals surface area contributed by atoms with Gasteiger partial charge in [-0.1, -0.05) is 15.9 Å². The summed E-state index contributed by atoms with van der Waals surface area (Å²) in [7, 11) is 0. The summed E-state index contributed by atoms with van der Waals surface area (Å²) in [6.45, 7) is 1.49. The van der Waals surface area contributed by atoms with E-state index < -0.39 is 22.8 Å². The smallest absolute Gasteiger partial charge is 0.348 e. The van der Waals surface area contributed by atoms with Crippen LogP contribution in [0.3, 0.4) is 0 Å². The number of aliphatic imine (C=N–C) groups is 1. The summed E-state index contributed by atoms with van der Waals surface area (Å²) in [6, 6.07) is 4.48. The highest BCUT2D eigenvalue weighted by Crippen LogP contribution is 2.18. The number of halogens is 1. The number of amides is 1. The first-order valence-corrected chi connectivity index (χ1v) is 6.60. The second-order valence-corrected chi connectivity index (χ2v) is 5.14. The fourth-order valence-electron chi connectivity index (χ4n) is 1.71. The number of nitro groups is 1. The quantitative estimate of drug-likeness (QED) is 0.471. The SMILES string of the molecule is CC1=NC(=O)C([N+](=O)[O-])C(OC(=O)c2ccc(Br)cc2)=C1. The van der Waals surface area contributed by atoms with Crippen molar-refractivity contribution in [2.75, 3.05) is 0 Å². The summed E-state index contributed by atoms with van der Waals surface area (Å²) < 4.78 is 5.77. The lowest BCUT2D eigenvalue weighted by atomic mass is 10.1. The van der Waals surface area contributed by atoms with E-state index in [1.807, 2.05) is 0 Å². The van der Waals surface area contributed by atoms with E-state index in [-0.39, 0.29) is 17.0 Å². The third kappa shape index (κ3) is 3.40. The average Bonchev–Trinajstić information content (AvgIpc) is 2.37. The molecule has 1 unspecified atom stereocenters. The van der Waals surface area contributed by atoms with E-state index in [0.717, 1.165) is 4.47 Å². The Morgan fingerprint density at radius 3 is 2.57 bits per heavy atom. The van der Waals surface area contributed by atoms with Crippen LogP contribution in [0.1, 0.15) is 17.3 Å². The van der Waals surface area contributed by atoms with Gasteiger partial charge >= 0.3 is 17.9 Å². The van der Waals surface area contributed by atoms with Crippen LogP contribution in [0.15, 0.2) is 45.6 Å². The van der Waals surface area contributed by atoms with Gasteiger partial charge in [0.25, 0.3) is 0 Å². The van der Waals surface area contributed by atoms with E-state index in [0.29, 0.717) is 0 Å². The molecule has 0 N–H and O–H groups in total. The highest BCUT2D eigenvalue weighted by molar-refractivity contribution is 9.10. The molecule has 7 nitrogen and oxygen atoms in total. The van der Waals surface area contributed by atoms with Crippen molar-refractivity contribution in [2.24, 2.45) is 4.99 Å². The normalized spacial score (nSPS) is 17.8. The van der Waals surface area contributed by atoms with E-state index in [1.54, 1.807) is 12.1 Å². The monoisotopic (exact) mass is 352 g/mol. The van der Waals surface area contributed by atoms with Gasteiger partial charge in [0.15, 0.2) is 5.76 Å². The second-order valence-electron chi connectivity index (χ2n) is 4.22. The van der Waals surface area contributed by atoms with E-state index in [2.05, 4.69) is 20.9 Å². The van der Waals surface area contributed by atoms with Gasteiger partial charge in [0, 0.05) is 21.2 Å². The molecule has 0 bridgehead atoms. The Kier molecular flexibility index (Phi) is 4.27. The number of hydrogen-bond acceptors (Lipinski definition) is 5. The lowest BCUT2D eigenvalue weighted by Crippen LogP contribution is -2.35. The summed E-state index contributed by atoms with van der Waals surface area (Å²) in [5.74, 6) is -2.06. The predicted octanol–water partition coefficient (Wildman–Crippen LogP) is 2.14. The highest BCUT2D eigenvalue weighted by atomic mass is 79.9. The molecule has 1 aromatic carbocycles. The maximum absolute atomic E-state index is 12.0. The Bertz CT molecular complexity index is 678. The Labute approximate surface area is 127 Å². The molecule has 2 rings (SSSR count). The first-order chi connectivity index (χ1) is 9.88. The van der Waals surface area contributed by atoms with Crippen LogP contribution in [0.25, 0.3) is 0 Å². The van der Waals surface area contributed by atoms with Gasteiger partial charge in [0.1, 0.15) is 0 Å². The maximum Gasteiger partial charge on any atom is 0.348 e. The first kappa shape index (κ1) is 15.0. The number of carbonyl (C=O) groups is 2. The minimum Gasteiger partial charge on any atom is -0.419 e. The number of nitrogens with zero attached hydrogens (tertiary/aromatic N) is 2. The number of rotatable bonds is 3. The van der Waals surface area contributed by atoms with Gasteiger partial charge < -0.3 is 4.74 Å². The summed E-state index contributed by atoms with van der Waals surface area (Å²) in [5, 5.41) is 10.9.